The predicted molar refractivity (Wildman–Crippen MR) is 62.8 cm³/mol. The van der Waals surface area contributed by atoms with Crippen LogP contribution in [0.15, 0.2) is 24.3 Å². The Balaban J connectivity index is 2.78. The van der Waals surface area contributed by atoms with Gasteiger partial charge in [-0.2, -0.15) is 0 Å². The number of aryl methyl sites for hydroxylation is 2. The predicted octanol–water partition coefficient (Wildman–Crippen LogP) is 2.80. The van der Waals surface area contributed by atoms with Gasteiger partial charge in [0, 0.05) is 5.39 Å². The number of hydrogen-bond acceptors (Lipinski definition) is 2. The van der Waals surface area contributed by atoms with Crippen LogP contribution in [0.1, 0.15) is 28.5 Å². The van der Waals surface area contributed by atoms with Crippen molar-refractivity contribution in [1.82, 2.24) is 4.98 Å². The Labute approximate surface area is 93.7 Å². The van der Waals surface area contributed by atoms with Crippen LogP contribution in [0.25, 0.3) is 10.9 Å². The fourth-order valence-electron chi connectivity index (χ4n) is 1.81. The Morgan fingerprint density at radius 1 is 1.38 bits per heavy atom. The molecule has 3 heteroatoms. The molecule has 2 aromatic rings. The zero-order valence-electron chi connectivity index (χ0n) is 9.32. The molecule has 0 aliphatic heterocycles. The van der Waals surface area contributed by atoms with Gasteiger partial charge in [-0.05, 0) is 37.1 Å². The maximum absolute atomic E-state index is 10.9. The summed E-state index contributed by atoms with van der Waals surface area (Å²) in [5.74, 6) is -0.975. The molecule has 3 nitrogen and oxygen atoms in total. The van der Waals surface area contributed by atoms with Gasteiger partial charge in [0.15, 0.2) is 0 Å². The molecule has 0 aliphatic rings. The molecule has 1 N–H and O–H groups in total. The van der Waals surface area contributed by atoms with E-state index in [1.165, 1.54) is 0 Å². The second kappa shape index (κ2) is 3.93. The number of nitrogens with zero attached hydrogens (tertiary/aromatic N) is 1. The van der Waals surface area contributed by atoms with Crippen molar-refractivity contribution in [3.8, 4) is 0 Å². The highest BCUT2D eigenvalue weighted by atomic mass is 16.4. The van der Waals surface area contributed by atoms with Gasteiger partial charge in [-0.3, -0.25) is 0 Å². The van der Waals surface area contributed by atoms with Crippen molar-refractivity contribution in [2.75, 3.05) is 0 Å². The van der Waals surface area contributed by atoms with E-state index in [9.17, 15) is 4.79 Å². The van der Waals surface area contributed by atoms with Gasteiger partial charge in [-0.25, -0.2) is 9.78 Å². The van der Waals surface area contributed by atoms with Crippen LogP contribution < -0.4 is 0 Å². The number of hydrogen-bond donors (Lipinski definition) is 1. The summed E-state index contributed by atoms with van der Waals surface area (Å²) >= 11 is 0. The lowest BCUT2D eigenvalue weighted by atomic mass is 10.0. The largest absolute Gasteiger partial charge is 0.477 e. The van der Waals surface area contributed by atoms with Crippen LogP contribution in [-0.2, 0) is 6.42 Å². The summed E-state index contributed by atoms with van der Waals surface area (Å²) in [6.45, 7) is 4.03. The molecule has 82 valence electrons. The molecule has 0 unspecified atom stereocenters. The molecule has 16 heavy (non-hydrogen) atoms. The van der Waals surface area contributed by atoms with Crippen LogP contribution in [0.3, 0.4) is 0 Å². The molecule has 0 saturated heterocycles. The molecular weight excluding hydrogens is 202 g/mol. The highest BCUT2D eigenvalue weighted by Gasteiger charge is 2.09. The van der Waals surface area contributed by atoms with Crippen LogP contribution in [0, 0.1) is 6.92 Å². The lowest BCUT2D eigenvalue weighted by Crippen LogP contribution is -2.02. The molecule has 0 spiro atoms. The fourth-order valence-corrected chi connectivity index (χ4v) is 1.81. The van der Waals surface area contributed by atoms with Crippen LogP contribution in [0.4, 0.5) is 0 Å². The number of fused-ring (bicyclic) bond motifs is 1. The fraction of sp³-hybridized carbons (Fsp3) is 0.231. The van der Waals surface area contributed by atoms with Gasteiger partial charge in [-0.15, -0.1) is 0 Å². The summed E-state index contributed by atoms with van der Waals surface area (Å²) in [6, 6.07) is 7.52. The van der Waals surface area contributed by atoms with Crippen LogP contribution in [0.2, 0.25) is 0 Å². The van der Waals surface area contributed by atoms with Gasteiger partial charge < -0.3 is 5.11 Å². The number of rotatable bonds is 2. The smallest absolute Gasteiger partial charge is 0.354 e. The Hall–Kier alpha value is -1.90. The minimum Gasteiger partial charge on any atom is -0.477 e. The van der Waals surface area contributed by atoms with Crippen molar-refractivity contribution in [2.24, 2.45) is 0 Å². The summed E-state index contributed by atoms with van der Waals surface area (Å²) < 4.78 is 0. The van der Waals surface area contributed by atoms with Gasteiger partial charge >= 0.3 is 5.97 Å². The number of benzene rings is 1. The molecule has 0 aliphatic carbocycles. The molecule has 2 rings (SSSR count). The maximum Gasteiger partial charge on any atom is 0.354 e. The highest BCUT2D eigenvalue weighted by molar-refractivity contribution is 5.91. The van der Waals surface area contributed by atoms with E-state index in [0.717, 1.165) is 28.5 Å². The summed E-state index contributed by atoms with van der Waals surface area (Å²) in [7, 11) is 0. The average molecular weight is 215 g/mol. The SMILES string of the molecule is CCc1cc(C(=O)O)nc2ccc(C)cc12. The van der Waals surface area contributed by atoms with E-state index in [-0.39, 0.29) is 5.69 Å². The van der Waals surface area contributed by atoms with E-state index in [1.807, 2.05) is 32.0 Å². The lowest BCUT2D eigenvalue weighted by Gasteiger charge is -2.06. The van der Waals surface area contributed by atoms with Gasteiger partial charge in [-0.1, -0.05) is 18.6 Å². The Kier molecular flexibility index (Phi) is 2.60. The Morgan fingerprint density at radius 2 is 2.12 bits per heavy atom. The van der Waals surface area contributed by atoms with Crippen molar-refractivity contribution < 1.29 is 9.90 Å². The third-order valence-corrected chi connectivity index (χ3v) is 2.65. The number of carbonyl (C=O) groups is 1. The molecule has 0 fully saturated rings. The molecule has 0 atom stereocenters. The van der Waals surface area contributed by atoms with E-state index in [0.29, 0.717) is 0 Å². The third kappa shape index (κ3) is 1.76. The minimum atomic E-state index is -0.975. The normalized spacial score (nSPS) is 10.6. The number of carboxylic acid groups (broad SMARTS) is 1. The van der Waals surface area contributed by atoms with Gasteiger partial charge in [0.2, 0.25) is 0 Å². The summed E-state index contributed by atoms with van der Waals surface area (Å²) in [6.07, 6.45) is 0.808. The molecular formula is C13H13NO2. The van der Waals surface area contributed by atoms with Crippen molar-refractivity contribution >= 4 is 16.9 Å². The standard InChI is InChI=1S/C13H13NO2/c1-3-9-7-12(13(15)16)14-11-5-4-8(2)6-10(9)11/h4-7H,3H2,1-2H3,(H,15,16). The zero-order valence-corrected chi connectivity index (χ0v) is 9.32. The minimum absolute atomic E-state index is 0.119. The van der Waals surface area contributed by atoms with Crippen molar-refractivity contribution in [2.45, 2.75) is 20.3 Å². The monoisotopic (exact) mass is 215 g/mol. The van der Waals surface area contributed by atoms with Gasteiger partial charge in [0.25, 0.3) is 0 Å². The topological polar surface area (TPSA) is 50.2 Å². The van der Waals surface area contributed by atoms with Crippen molar-refractivity contribution in [3.63, 3.8) is 0 Å². The van der Waals surface area contributed by atoms with E-state index in [4.69, 9.17) is 5.11 Å². The summed E-state index contributed by atoms with van der Waals surface area (Å²) in [5, 5.41) is 10.0. The first-order valence-electron chi connectivity index (χ1n) is 5.25. The molecule has 0 radical (unpaired) electrons. The first kappa shape index (κ1) is 10.6. The lowest BCUT2D eigenvalue weighted by molar-refractivity contribution is 0.0691. The quantitative estimate of drug-likeness (QED) is 0.838. The third-order valence-electron chi connectivity index (χ3n) is 2.65. The second-order valence-electron chi connectivity index (χ2n) is 3.85. The van der Waals surface area contributed by atoms with E-state index in [2.05, 4.69) is 4.98 Å². The van der Waals surface area contributed by atoms with Gasteiger partial charge in [0.05, 0.1) is 5.52 Å². The molecule has 0 saturated carbocycles. The number of aromatic carboxylic acids is 1. The van der Waals surface area contributed by atoms with Crippen molar-refractivity contribution in [3.05, 3.63) is 41.1 Å². The first-order valence-corrected chi connectivity index (χ1v) is 5.25. The summed E-state index contributed by atoms with van der Waals surface area (Å²) in [4.78, 5) is 15.0. The highest BCUT2D eigenvalue weighted by Crippen LogP contribution is 2.20. The molecule has 0 amide bonds. The number of pyridine rings is 1. The first-order chi connectivity index (χ1) is 7.61. The number of carboxylic acids is 1. The van der Waals surface area contributed by atoms with E-state index >= 15 is 0 Å². The van der Waals surface area contributed by atoms with E-state index < -0.39 is 5.97 Å². The maximum atomic E-state index is 10.9. The number of aromatic nitrogens is 1. The van der Waals surface area contributed by atoms with Crippen LogP contribution >= 0.6 is 0 Å². The molecule has 1 heterocycles. The Bertz CT molecular complexity index is 561. The molecule has 1 aromatic carbocycles. The second-order valence-corrected chi connectivity index (χ2v) is 3.85. The van der Waals surface area contributed by atoms with Gasteiger partial charge in [0.1, 0.15) is 5.69 Å². The summed E-state index contributed by atoms with van der Waals surface area (Å²) in [5.41, 5.74) is 3.06. The average Bonchev–Trinajstić information content (AvgIpc) is 2.27. The molecule has 1 aromatic heterocycles. The van der Waals surface area contributed by atoms with Crippen LogP contribution in [-0.4, -0.2) is 16.1 Å². The van der Waals surface area contributed by atoms with Crippen molar-refractivity contribution in [1.29, 1.82) is 0 Å². The zero-order chi connectivity index (χ0) is 11.7. The van der Waals surface area contributed by atoms with E-state index in [1.54, 1.807) is 6.07 Å². The Morgan fingerprint density at radius 3 is 2.75 bits per heavy atom. The molecule has 0 bridgehead atoms. The van der Waals surface area contributed by atoms with Crippen LogP contribution in [0.5, 0.6) is 0 Å².